The van der Waals surface area contributed by atoms with E-state index in [0.29, 0.717) is 28.9 Å². The molecule has 0 atom stereocenters. The number of carbonyl (C=O) groups excluding carboxylic acids is 2. The number of hydrogen-bond donors (Lipinski definition) is 1. The lowest BCUT2D eigenvalue weighted by Crippen LogP contribution is -2.36. The van der Waals surface area contributed by atoms with Gasteiger partial charge < -0.3 is 19.7 Å². The van der Waals surface area contributed by atoms with Crippen molar-refractivity contribution in [3.8, 4) is 0 Å². The van der Waals surface area contributed by atoms with Gasteiger partial charge in [0, 0.05) is 24.9 Å². The van der Waals surface area contributed by atoms with E-state index in [4.69, 9.17) is 32.7 Å². The summed E-state index contributed by atoms with van der Waals surface area (Å²) in [5.74, 6) is -0.913. The summed E-state index contributed by atoms with van der Waals surface area (Å²) in [4.78, 5) is 26.7. The molecule has 1 heterocycles. The largest absolute Gasteiger partial charge is 0.465 e. The van der Waals surface area contributed by atoms with Crippen LogP contribution in [0.3, 0.4) is 0 Å². The van der Waals surface area contributed by atoms with Crippen molar-refractivity contribution in [1.82, 2.24) is 0 Å². The molecule has 1 fully saturated rings. The van der Waals surface area contributed by atoms with Crippen LogP contribution in [0.2, 0.25) is 10.0 Å². The summed E-state index contributed by atoms with van der Waals surface area (Å²) >= 11 is 11.9. The van der Waals surface area contributed by atoms with Gasteiger partial charge in [-0.25, -0.2) is 4.79 Å². The van der Waals surface area contributed by atoms with E-state index in [1.807, 2.05) is 6.07 Å². The van der Waals surface area contributed by atoms with Gasteiger partial charge in [-0.2, -0.15) is 0 Å². The summed E-state index contributed by atoms with van der Waals surface area (Å²) < 4.78 is 10.2. The van der Waals surface area contributed by atoms with E-state index in [1.54, 1.807) is 36.4 Å². The van der Waals surface area contributed by atoms with Gasteiger partial charge in [0.2, 0.25) is 5.91 Å². The molecule has 152 valence electrons. The third-order valence-electron chi connectivity index (χ3n) is 4.41. The predicted molar refractivity (Wildman–Crippen MR) is 115 cm³/mol. The molecule has 0 aromatic heterocycles. The topological polar surface area (TPSA) is 67.9 Å². The van der Waals surface area contributed by atoms with Gasteiger partial charge in [0.25, 0.3) is 0 Å². The van der Waals surface area contributed by atoms with Gasteiger partial charge in [-0.1, -0.05) is 29.3 Å². The van der Waals surface area contributed by atoms with E-state index in [2.05, 4.69) is 10.2 Å². The molecule has 3 rings (SSSR count). The quantitative estimate of drug-likeness (QED) is 0.561. The zero-order valence-corrected chi connectivity index (χ0v) is 17.3. The third kappa shape index (κ3) is 5.50. The fraction of sp³-hybridized carbons (Fsp3) is 0.238. The molecule has 0 bridgehead atoms. The van der Waals surface area contributed by atoms with E-state index < -0.39 is 5.97 Å². The van der Waals surface area contributed by atoms with E-state index >= 15 is 0 Å². The average Bonchev–Trinajstić information content (AvgIpc) is 2.75. The molecule has 1 aliphatic rings. The van der Waals surface area contributed by atoms with Crippen LogP contribution in [0.4, 0.5) is 11.4 Å². The Hall–Kier alpha value is -2.54. The number of hydrogen-bond acceptors (Lipinski definition) is 5. The number of nitrogens with zero attached hydrogens (tertiary/aromatic N) is 1. The smallest absolute Gasteiger partial charge is 0.340 e. The van der Waals surface area contributed by atoms with Gasteiger partial charge >= 0.3 is 5.97 Å². The molecule has 0 unspecified atom stereocenters. The summed E-state index contributed by atoms with van der Waals surface area (Å²) in [6.45, 7) is 2.73. The SMILES string of the molecule is COC(=O)c1cc(N2CCOCC2)ccc1NC(=O)/C=C/c1ccc(Cl)c(Cl)c1. The normalized spacial score (nSPS) is 14.1. The van der Waals surface area contributed by atoms with Crippen LogP contribution < -0.4 is 10.2 Å². The fourth-order valence-corrected chi connectivity index (χ4v) is 3.21. The maximum Gasteiger partial charge on any atom is 0.340 e. The second-order valence-electron chi connectivity index (χ2n) is 6.32. The van der Waals surface area contributed by atoms with Gasteiger partial charge in [-0.05, 0) is 42.0 Å². The van der Waals surface area contributed by atoms with Crippen LogP contribution in [0.5, 0.6) is 0 Å². The van der Waals surface area contributed by atoms with Gasteiger partial charge in [0.15, 0.2) is 0 Å². The molecule has 1 saturated heterocycles. The molecule has 2 aromatic carbocycles. The summed E-state index contributed by atoms with van der Waals surface area (Å²) in [7, 11) is 1.31. The molecule has 0 spiro atoms. The highest BCUT2D eigenvalue weighted by Gasteiger charge is 2.18. The Bertz CT molecular complexity index is 940. The van der Waals surface area contributed by atoms with Crippen molar-refractivity contribution in [3.05, 3.63) is 63.6 Å². The molecule has 0 radical (unpaired) electrons. The molecule has 2 aromatic rings. The standard InChI is InChI=1S/C21H20Cl2N2O4/c1-28-21(27)16-13-15(25-8-10-29-11-9-25)4-6-19(16)24-20(26)7-3-14-2-5-17(22)18(23)12-14/h2-7,12-13H,8-11H2,1H3,(H,24,26)/b7-3+. The lowest BCUT2D eigenvalue weighted by molar-refractivity contribution is -0.111. The van der Waals surface area contributed by atoms with Crippen LogP contribution in [-0.4, -0.2) is 45.3 Å². The Kier molecular flexibility index (Phi) is 7.14. The van der Waals surface area contributed by atoms with Crippen molar-refractivity contribution in [2.45, 2.75) is 0 Å². The lowest BCUT2D eigenvalue weighted by Gasteiger charge is -2.29. The first-order valence-electron chi connectivity index (χ1n) is 8.97. The zero-order valence-electron chi connectivity index (χ0n) is 15.8. The van der Waals surface area contributed by atoms with E-state index in [-0.39, 0.29) is 11.5 Å². The lowest BCUT2D eigenvalue weighted by atomic mass is 10.1. The Morgan fingerprint density at radius 1 is 1.10 bits per heavy atom. The molecule has 0 aliphatic carbocycles. The van der Waals surface area contributed by atoms with Crippen molar-refractivity contribution >= 4 is 52.5 Å². The molecule has 1 aliphatic heterocycles. The Labute approximate surface area is 179 Å². The monoisotopic (exact) mass is 434 g/mol. The van der Waals surface area contributed by atoms with Crippen LogP contribution >= 0.6 is 23.2 Å². The molecule has 8 heteroatoms. The third-order valence-corrected chi connectivity index (χ3v) is 5.15. The Morgan fingerprint density at radius 3 is 2.55 bits per heavy atom. The number of benzene rings is 2. The Balaban J connectivity index is 1.77. The molecule has 1 amide bonds. The molecule has 0 saturated carbocycles. The zero-order chi connectivity index (χ0) is 20.8. The van der Waals surface area contributed by atoms with E-state index in [0.717, 1.165) is 24.3 Å². The number of carbonyl (C=O) groups is 2. The maximum atomic E-state index is 12.4. The highest BCUT2D eigenvalue weighted by atomic mass is 35.5. The molecule has 6 nitrogen and oxygen atoms in total. The van der Waals surface area contributed by atoms with Gasteiger partial charge in [-0.3, -0.25) is 4.79 Å². The van der Waals surface area contributed by atoms with Crippen molar-refractivity contribution in [2.75, 3.05) is 43.6 Å². The fourth-order valence-electron chi connectivity index (χ4n) is 2.90. The van der Waals surface area contributed by atoms with Crippen molar-refractivity contribution in [3.63, 3.8) is 0 Å². The molecule has 1 N–H and O–H groups in total. The minimum absolute atomic E-state index is 0.285. The van der Waals surface area contributed by atoms with Crippen LogP contribution in [0.15, 0.2) is 42.5 Å². The maximum absolute atomic E-state index is 12.4. The second-order valence-corrected chi connectivity index (χ2v) is 7.13. The van der Waals surface area contributed by atoms with Crippen LogP contribution in [0.25, 0.3) is 6.08 Å². The summed E-state index contributed by atoms with van der Waals surface area (Å²) in [6, 6.07) is 10.3. The first-order chi connectivity index (χ1) is 14.0. The van der Waals surface area contributed by atoms with Crippen molar-refractivity contribution in [1.29, 1.82) is 0 Å². The summed E-state index contributed by atoms with van der Waals surface area (Å²) in [5.41, 5.74) is 2.26. The highest BCUT2D eigenvalue weighted by Crippen LogP contribution is 2.26. The van der Waals surface area contributed by atoms with Crippen molar-refractivity contribution in [2.24, 2.45) is 0 Å². The predicted octanol–water partition coefficient (Wildman–Crippen LogP) is 4.27. The minimum atomic E-state index is -0.524. The van der Waals surface area contributed by atoms with Crippen LogP contribution in [0, 0.1) is 0 Å². The number of nitrogens with one attached hydrogen (secondary N) is 1. The number of halogens is 2. The van der Waals surface area contributed by atoms with Gasteiger partial charge in [0.05, 0.1) is 41.6 Å². The number of anilines is 2. The number of morpholine rings is 1. The minimum Gasteiger partial charge on any atom is -0.465 e. The molecular formula is C21H20Cl2N2O4. The average molecular weight is 435 g/mol. The summed E-state index contributed by atoms with van der Waals surface area (Å²) in [5, 5.41) is 3.57. The number of rotatable bonds is 5. The molecule has 29 heavy (non-hydrogen) atoms. The Morgan fingerprint density at radius 2 is 1.86 bits per heavy atom. The molecular weight excluding hydrogens is 415 g/mol. The van der Waals surface area contributed by atoms with E-state index in [9.17, 15) is 9.59 Å². The second kappa shape index (κ2) is 9.78. The summed E-state index contributed by atoms with van der Waals surface area (Å²) in [6.07, 6.45) is 2.97. The first kappa shape index (κ1) is 21.2. The number of methoxy groups -OCH3 is 1. The first-order valence-corrected chi connectivity index (χ1v) is 9.72. The van der Waals surface area contributed by atoms with Gasteiger partial charge in [-0.15, -0.1) is 0 Å². The number of amides is 1. The van der Waals surface area contributed by atoms with Crippen LogP contribution in [-0.2, 0) is 14.3 Å². The number of esters is 1. The number of ether oxygens (including phenoxy) is 2. The van der Waals surface area contributed by atoms with Gasteiger partial charge in [0.1, 0.15) is 0 Å². The van der Waals surface area contributed by atoms with E-state index in [1.165, 1.54) is 13.2 Å². The van der Waals surface area contributed by atoms with Crippen LogP contribution in [0.1, 0.15) is 15.9 Å². The highest BCUT2D eigenvalue weighted by molar-refractivity contribution is 6.42. The van der Waals surface area contributed by atoms with Crippen molar-refractivity contribution < 1.29 is 19.1 Å².